The van der Waals surface area contributed by atoms with E-state index in [0.29, 0.717) is 5.75 Å². The maximum absolute atomic E-state index is 12.1. The molecule has 1 amide bonds. The second-order valence-electron chi connectivity index (χ2n) is 6.18. The van der Waals surface area contributed by atoms with E-state index in [9.17, 15) is 4.79 Å². The topological polar surface area (TPSA) is 63.5 Å². The van der Waals surface area contributed by atoms with E-state index in [0.717, 1.165) is 27.6 Å². The quantitative estimate of drug-likeness (QED) is 0.746. The lowest BCUT2D eigenvalue weighted by atomic mass is 10.1. The molecular formula is C19H22N2O3. The van der Waals surface area contributed by atoms with Crippen LogP contribution in [0.3, 0.4) is 0 Å². The predicted octanol–water partition coefficient (Wildman–Crippen LogP) is 3.92. The molecule has 1 atom stereocenters. The Morgan fingerprint density at radius 1 is 1.08 bits per heavy atom. The number of rotatable bonds is 5. The van der Waals surface area contributed by atoms with Crippen LogP contribution < -0.4 is 15.4 Å². The third kappa shape index (κ3) is 3.02. The van der Waals surface area contributed by atoms with Gasteiger partial charge in [-0.1, -0.05) is 18.2 Å². The van der Waals surface area contributed by atoms with Crippen molar-refractivity contribution in [2.75, 3.05) is 12.4 Å². The Morgan fingerprint density at radius 3 is 2.54 bits per heavy atom. The second kappa shape index (κ2) is 6.43. The summed E-state index contributed by atoms with van der Waals surface area (Å²) in [7, 11) is 1.62. The summed E-state index contributed by atoms with van der Waals surface area (Å²) in [5, 5.41) is 8.14. The summed E-state index contributed by atoms with van der Waals surface area (Å²) < 4.78 is 11.4. The smallest absolute Gasteiger partial charge is 0.242 e. The number of ether oxygens (including phenoxy) is 1. The Morgan fingerprint density at radius 2 is 1.83 bits per heavy atom. The molecule has 3 rings (SSSR count). The minimum atomic E-state index is -0.386. The minimum Gasteiger partial charge on any atom is -0.495 e. The molecule has 0 spiro atoms. The molecular weight excluding hydrogens is 304 g/mol. The van der Waals surface area contributed by atoms with Gasteiger partial charge in [-0.05, 0) is 32.9 Å². The Balaban J connectivity index is 1.98. The molecule has 5 heteroatoms. The molecule has 0 bridgehead atoms. The van der Waals surface area contributed by atoms with Crippen molar-refractivity contribution in [1.82, 2.24) is 5.32 Å². The van der Waals surface area contributed by atoms with Gasteiger partial charge in [-0.3, -0.25) is 4.79 Å². The van der Waals surface area contributed by atoms with E-state index in [1.165, 1.54) is 0 Å². The third-order valence-corrected chi connectivity index (χ3v) is 3.90. The van der Waals surface area contributed by atoms with Crippen LogP contribution in [0.4, 0.5) is 5.69 Å². The standard InChI is InChI=1S/C19H22N2O3/c1-11(2)20-19(22)12(3)21-15-10-17-14(9-18(15)23-4)13-7-5-6-8-16(13)24-17/h5-12,21H,1-4H3,(H,20,22)/t12-/m1/s1. The largest absolute Gasteiger partial charge is 0.495 e. The molecule has 24 heavy (non-hydrogen) atoms. The molecule has 2 N–H and O–H groups in total. The minimum absolute atomic E-state index is 0.0586. The van der Waals surface area contributed by atoms with Crippen LogP contribution in [0.1, 0.15) is 20.8 Å². The van der Waals surface area contributed by atoms with Crippen LogP contribution in [0.5, 0.6) is 5.75 Å². The molecule has 1 aromatic heterocycles. The zero-order valence-corrected chi connectivity index (χ0v) is 14.3. The highest BCUT2D eigenvalue weighted by atomic mass is 16.5. The number of hydrogen-bond acceptors (Lipinski definition) is 4. The van der Waals surface area contributed by atoms with Crippen molar-refractivity contribution in [3.05, 3.63) is 36.4 Å². The van der Waals surface area contributed by atoms with Crippen molar-refractivity contribution >= 4 is 33.5 Å². The molecule has 126 valence electrons. The van der Waals surface area contributed by atoms with Crippen molar-refractivity contribution in [2.24, 2.45) is 0 Å². The van der Waals surface area contributed by atoms with Crippen molar-refractivity contribution in [3.63, 3.8) is 0 Å². The summed E-state index contributed by atoms with van der Waals surface area (Å²) >= 11 is 0. The van der Waals surface area contributed by atoms with Crippen LogP contribution in [0, 0.1) is 0 Å². The van der Waals surface area contributed by atoms with Crippen LogP contribution in [-0.2, 0) is 4.79 Å². The molecule has 1 heterocycles. The molecule has 0 radical (unpaired) electrons. The van der Waals surface area contributed by atoms with Gasteiger partial charge in [0.25, 0.3) is 0 Å². The highest BCUT2D eigenvalue weighted by Crippen LogP contribution is 2.36. The number of benzene rings is 2. The number of nitrogens with one attached hydrogen (secondary N) is 2. The number of fused-ring (bicyclic) bond motifs is 3. The van der Waals surface area contributed by atoms with Crippen molar-refractivity contribution in [2.45, 2.75) is 32.9 Å². The van der Waals surface area contributed by atoms with E-state index >= 15 is 0 Å². The predicted molar refractivity (Wildman–Crippen MR) is 96.6 cm³/mol. The summed E-state index contributed by atoms with van der Waals surface area (Å²) in [6.45, 7) is 5.69. The molecule has 2 aromatic carbocycles. The van der Waals surface area contributed by atoms with Gasteiger partial charge in [-0.25, -0.2) is 0 Å². The van der Waals surface area contributed by atoms with E-state index in [4.69, 9.17) is 9.15 Å². The molecule has 0 aliphatic heterocycles. The van der Waals surface area contributed by atoms with Crippen molar-refractivity contribution in [3.8, 4) is 5.75 Å². The molecule has 0 saturated heterocycles. The highest BCUT2D eigenvalue weighted by Gasteiger charge is 2.17. The molecule has 5 nitrogen and oxygen atoms in total. The van der Waals surface area contributed by atoms with E-state index in [-0.39, 0.29) is 18.0 Å². The number of amides is 1. The summed E-state index contributed by atoms with van der Waals surface area (Å²) in [4.78, 5) is 12.1. The van der Waals surface area contributed by atoms with Gasteiger partial charge in [0.05, 0.1) is 12.8 Å². The van der Waals surface area contributed by atoms with Crippen molar-refractivity contribution in [1.29, 1.82) is 0 Å². The first-order valence-corrected chi connectivity index (χ1v) is 8.05. The first-order valence-electron chi connectivity index (χ1n) is 8.05. The maximum Gasteiger partial charge on any atom is 0.242 e. The first-order chi connectivity index (χ1) is 11.5. The zero-order chi connectivity index (χ0) is 17.3. The molecule has 0 unspecified atom stereocenters. The van der Waals surface area contributed by atoms with Gasteiger partial charge < -0.3 is 19.8 Å². The molecule has 3 aromatic rings. The lowest BCUT2D eigenvalue weighted by Crippen LogP contribution is -2.41. The fourth-order valence-electron chi connectivity index (χ4n) is 2.74. The average Bonchev–Trinajstić information content (AvgIpc) is 2.90. The van der Waals surface area contributed by atoms with E-state index in [1.807, 2.05) is 57.2 Å². The van der Waals surface area contributed by atoms with Gasteiger partial charge in [0.15, 0.2) is 0 Å². The van der Waals surface area contributed by atoms with Gasteiger partial charge in [0.2, 0.25) is 5.91 Å². The Kier molecular flexibility index (Phi) is 4.34. The average molecular weight is 326 g/mol. The third-order valence-electron chi connectivity index (χ3n) is 3.90. The molecule has 0 aliphatic rings. The van der Waals surface area contributed by atoms with Crippen LogP contribution in [-0.4, -0.2) is 25.1 Å². The fraction of sp³-hybridized carbons (Fsp3) is 0.316. The summed E-state index contributed by atoms with van der Waals surface area (Å²) in [6, 6.07) is 11.4. The molecule has 0 saturated carbocycles. The van der Waals surface area contributed by atoms with E-state index in [2.05, 4.69) is 10.6 Å². The van der Waals surface area contributed by atoms with E-state index in [1.54, 1.807) is 7.11 Å². The lowest BCUT2D eigenvalue weighted by molar-refractivity contribution is -0.122. The van der Waals surface area contributed by atoms with Gasteiger partial charge in [0.1, 0.15) is 23.0 Å². The second-order valence-corrected chi connectivity index (χ2v) is 6.18. The van der Waals surface area contributed by atoms with Crippen LogP contribution in [0.25, 0.3) is 21.9 Å². The summed E-state index contributed by atoms with van der Waals surface area (Å²) in [5.41, 5.74) is 2.32. The van der Waals surface area contributed by atoms with Gasteiger partial charge in [0, 0.05) is 22.9 Å². The monoisotopic (exact) mass is 326 g/mol. The number of methoxy groups -OCH3 is 1. The summed E-state index contributed by atoms with van der Waals surface area (Å²) in [6.07, 6.45) is 0. The fourth-order valence-corrected chi connectivity index (χ4v) is 2.74. The van der Waals surface area contributed by atoms with Gasteiger partial charge in [-0.15, -0.1) is 0 Å². The van der Waals surface area contributed by atoms with Crippen molar-refractivity contribution < 1.29 is 13.9 Å². The SMILES string of the molecule is COc1cc2c(cc1N[C@H](C)C(=O)NC(C)C)oc1ccccc12. The Hall–Kier alpha value is -2.69. The van der Waals surface area contributed by atoms with Crippen LogP contribution >= 0.6 is 0 Å². The first kappa shape index (κ1) is 16.2. The Bertz CT molecular complexity index is 883. The van der Waals surface area contributed by atoms with Crippen LogP contribution in [0.2, 0.25) is 0 Å². The number of furan rings is 1. The molecule has 0 fully saturated rings. The number of carbonyl (C=O) groups excluding carboxylic acids is 1. The number of para-hydroxylation sites is 1. The summed E-state index contributed by atoms with van der Waals surface area (Å²) in [5.74, 6) is 0.620. The number of anilines is 1. The number of carbonyl (C=O) groups is 1. The normalized spacial score (nSPS) is 12.5. The van der Waals surface area contributed by atoms with Crippen LogP contribution in [0.15, 0.2) is 40.8 Å². The molecule has 0 aliphatic carbocycles. The van der Waals surface area contributed by atoms with Gasteiger partial charge in [-0.2, -0.15) is 0 Å². The number of hydrogen-bond donors (Lipinski definition) is 2. The highest BCUT2D eigenvalue weighted by molar-refractivity contribution is 6.06. The van der Waals surface area contributed by atoms with Gasteiger partial charge >= 0.3 is 0 Å². The maximum atomic E-state index is 12.1. The zero-order valence-electron chi connectivity index (χ0n) is 14.3. The lowest BCUT2D eigenvalue weighted by Gasteiger charge is -2.18. The van der Waals surface area contributed by atoms with E-state index < -0.39 is 0 Å². The Labute approximate surface area is 141 Å².